The van der Waals surface area contributed by atoms with Crippen LogP contribution in [-0.2, 0) is 14.3 Å². The lowest BCUT2D eigenvalue weighted by Gasteiger charge is -2.26. The zero-order valence-corrected chi connectivity index (χ0v) is 13.2. The smallest absolute Gasteiger partial charge is 0.329 e. The number of carbonyl (C=O) groups excluding carboxylic acids is 2. The summed E-state index contributed by atoms with van der Waals surface area (Å²) < 4.78 is 5.36. The highest BCUT2D eigenvalue weighted by atomic mass is 16.6. The Bertz CT molecular complexity index is 380. The summed E-state index contributed by atoms with van der Waals surface area (Å²) in [6, 6.07) is -0.577. The average Bonchev–Trinajstić information content (AvgIpc) is 2.75. The maximum atomic E-state index is 12.1. The molecule has 0 aromatic carbocycles. The third-order valence-electron chi connectivity index (χ3n) is 3.20. The number of hydrogen-bond acceptors (Lipinski definition) is 3. The van der Waals surface area contributed by atoms with Crippen molar-refractivity contribution in [2.75, 3.05) is 0 Å². The summed E-state index contributed by atoms with van der Waals surface area (Å²) >= 11 is 0. The van der Waals surface area contributed by atoms with Crippen LogP contribution < -0.4 is 5.32 Å². The van der Waals surface area contributed by atoms with Crippen molar-refractivity contribution in [3.05, 3.63) is 12.2 Å². The zero-order valence-electron chi connectivity index (χ0n) is 13.2. The molecule has 1 N–H and O–H groups in total. The number of esters is 1. The first-order valence-electron chi connectivity index (χ1n) is 7.38. The molecule has 0 aromatic rings. The molecular formula is C16H27NO3. The van der Waals surface area contributed by atoms with Crippen molar-refractivity contribution in [3.8, 4) is 0 Å². The van der Waals surface area contributed by atoms with Gasteiger partial charge in [-0.2, -0.15) is 0 Å². The molecule has 0 bridgehead atoms. The highest BCUT2D eigenvalue weighted by Crippen LogP contribution is 2.20. The van der Waals surface area contributed by atoms with E-state index in [4.69, 9.17) is 4.74 Å². The summed E-state index contributed by atoms with van der Waals surface area (Å²) in [6.45, 7) is 9.29. The maximum absolute atomic E-state index is 12.1. The highest BCUT2D eigenvalue weighted by Gasteiger charge is 2.29. The molecule has 0 aliphatic heterocycles. The summed E-state index contributed by atoms with van der Waals surface area (Å²) in [5.41, 5.74) is -0.539. The normalized spacial score (nSPS) is 20.0. The molecule has 0 heterocycles. The van der Waals surface area contributed by atoms with E-state index < -0.39 is 11.6 Å². The van der Waals surface area contributed by atoms with Gasteiger partial charge in [0.05, 0.1) is 0 Å². The number of amides is 1. The standard InChI is InChI=1S/C16H27NO3/c1-11(2)14(15(19)20-16(3,4)5)17-13(18)10-12-8-6-7-9-12/h6,8,11-12,14H,7,9-10H2,1-5H3,(H,17,18)/t12?,14-/m1/s1. The van der Waals surface area contributed by atoms with Crippen molar-refractivity contribution in [2.45, 2.75) is 65.5 Å². The quantitative estimate of drug-likeness (QED) is 0.623. The van der Waals surface area contributed by atoms with E-state index in [1.165, 1.54) is 0 Å². The number of ether oxygens (including phenoxy) is 1. The second-order valence-electron chi connectivity index (χ2n) is 6.79. The van der Waals surface area contributed by atoms with Crippen LogP contribution in [0.4, 0.5) is 0 Å². The molecule has 1 unspecified atom stereocenters. The Labute approximate surface area is 122 Å². The lowest BCUT2D eigenvalue weighted by atomic mass is 10.0. The Hall–Kier alpha value is -1.32. The Balaban J connectivity index is 2.55. The Morgan fingerprint density at radius 3 is 2.45 bits per heavy atom. The lowest BCUT2D eigenvalue weighted by Crippen LogP contribution is -2.47. The van der Waals surface area contributed by atoms with Gasteiger partial charge in [-0.25, -0.2) is 4.79 Å². The van der Waals surface area contributed by atoms with Crippen molar-refractivity contribution in [1.29, 1.82) is 0 Å². The summed E-state index contributed by atoms with van der Waals surface area (Å²) in [6.07, 6.45) is 6.69. The molecule has 0 fully saturated rings. The minimum atomic E-state index is -0.577. The summed E-state index contributed by atoms with van der Waals surface area (Å²) in [5, 5.41) is 2.82. The highest BCUT2D eigenvalue weighted by molar-refractivity contribution is 5.85. The summed E-state index contributed by atoms with van der Waals surface area (Å²) in [5.74, 6) is -0.122. The van der Waals surface area contributed by atoms with E-state index in [1.807, 2.05) is 34.6 Å². The molecule has 1 rings (SSSR count). The molecule has 0 saturated carbocycles. The summed E-state index contributed by atoms with van der Waals surface area (Å²) in [4.78, 5) is 24.2. The molecule has 1 aliphatic rings. The monoisotopic (exact) mass is 281 g/mol. The van der Waals surface area contributed by atoms with Crippen molar-refractivity contribution in [3.63, 3.8) is 0 Å². The number of rotatable bonds is 5. The third-order valence-corrected chi connectivity index (χ3v) is 3.20. The first kappa shape index (κ1) is 16.7. The topological polar surface area (TPSA) is 55.4 Å². The van der Waals surface area contributed by atoms with Gasteiger partial charge < -0.3 is 10.1 Å². The van der Waals surface area contributed by atoms with Gasteiger partial charge in [0, 0.05) is 6.42 Å². The molecule has 114 valence electrons. The molecule has 0 spiro atoms. The first-order chi connectivity index (χ1) is 9.19. The van der Waals surface area contributed by atoms with Gasteiger partial charge in [-0.3, -0.25) is 4.79 Å². The maximum Gasteiger partial charge on any atom is 0.329 e. The van der Waals surface area contributed by atoms with Crippen molar-refractivity contribution >= 4 is 11.9 Å². The van der Waals surface area contributed by atoms with E-state index in [1.54, 1.807) is 0 Å². The molecule has 0 aromatic heterocycles. The number of allylic oxidation sites excluding steroid dienone is 2. The third kappa shape index (κ3) is 5.76. The van der Waals surface area contributed by atoms with Crippen LogP contribution in [0.1, 0.15) is 53.9 Å². The van der Waals surface area contributed by atoms with Crippen molar-refractivity contribution in [1.82, 2.24) is 5.32 Å². The largest absolute Gasteiger partial charge is 0.458 e. The predicted octanol–water partition coefficient (Wildman–Crippen LogP) is 2.83. The van der Waals surface area contributed by atoms with E-state index in [0.717, 1.165) is 12.8 Å². The van der Waals surface area contributed by atoms with E-state index in [2.05, 4.69) is 17.5 Å². The van der Waals surface area contributed by atoms with Crippen LogP contribution in [0.15, 0.2) is 12.2 Å². The Kier molecular flexibility index (Phi) is 5.78. The fraction of sp³-hybridized carbons (Fsp3) is 0.750. The second-order valence-corrected chi connectivity index (χ2v) is 6.79. The Morgan fingerprint density at radius 2 is 2.00 bits per heavy atom. The number of hydrogen-bond donors (Lipinski definition) is 1. The van der Waals surface area contributed by atoms with Gasteiger partial charge in [0.1, 0.15) is 11.6 Å². The van der Waals surface area contributed by atoms with Crippen LogP contribution in [0.3, 0.4) is 0 Å². The minimum Gasteiger partial charge on any atom is -0.458 e. The molecule has 4 nitrogen and oxygen atoms in total. The van der Waals surface area contributed by atoms with Crippen LogP contribution in [0.2, 0.25) is 0 Å². The van der Waals surface area contributed by atoms with Gasteiger partial charge in [0.15, 0.2) is 0 Å². The van der Waals surface area contributed by atoms with Crippen LogP contribution in [0, 0.1) is 11.8 Å². The van der Waals surface area contributed by atoms with Crippen LogP contribution in [0.25, 0.3) is 0 Å². The van der Waals surface area contributed by atoms with Gasteiger partial charge in [-0.15, -0.1) is 0 Å². The fourth-order valence-electron chi connectivity index (χ4n) is 2.20. The van der Waals surface area contributed by atoms with Gasteiger partial charge >= 0.3 is 5.97 Å². The minimum absolute atomic E-state index is 0.00733. The Morgan fingerprint density at radius 1 is 1.35 bits per heavy atom. The number of nitrogens with one attached hydrogen (secondary N) is 1. The van der Waals surface area contributed by atoms with Crippen LogP contribution >= 0.6 is 0 Å². The molecule has 4 heteroatoms. The van der Waals surface area contributed by atoms with E-state index in [0.29, 0.717) is 12.3 Å². The van der Waals surface area contributed by atoms with E-state index in [-0.39, 0.29) is 17.8 Å². The van der Waals surface area contributed by atoms with Crippen LogP contribution in [-0.4, -0.2) is 23.5 Å². The summed E-state index contributed by atoms with van der Waals surface area (Å²) in [7, 11) is 0. The van der Waals surface area contributed by atoms with Crippen molar-refractivity contribution in [2.24, 2.45) is 11.8 Å². The zero-order chi connectivity index (χ0) is 15.3. The molecule has 2 atom stereocenters. The molecule has 1 aliphatic carbocycles. The average molecular weight is 281 g/mol. The first-order valence-corrected chi connectivity index (χ1v) is 7.38. The SMILES string of the molecule is CC(C)[C@@H](NC(=O)CC1C=CCC1)C(=O)OC(C)(C)C. The van der Waals surface area contributed by atoms with Gasteiger partial charge in [-0.05, 0) is 45.4 Å². The molecule has 20 heavy (non-hydrogen) atoms. The number of carbonyl (C=O) groups is 2. The van der Waals surface area contributed by atoms with Crippen LogP contribution in [0.5, 0.6) is 0 Å². The van der Waals surface area contributed by atoms with Crippen molar-refractivity contribution < 1.29 is 14.3 Å². The van der Waals surface area contributed by atoms with Gasteiger partial charge in [0.2, 0.25) is 5.91 Å². The van der Waals surface area contributed by atoms with Gasteiger partial charge in [-0.1, -0.05) is 26.0 Å². The predicted molar refractivity (Wildman–Crippen MR) is 79.1 cm³/mol. The fourth-order valence-corrected chi connectivity index (χ4v) is 2.20. The molecule has 0 radical (unpaired) electrons. The lowest BCUT2D eigenvalue weighted by molar-refractivity contribution is -0.160. The molecular weight excluding hydrogens is 254 g/mol. The van der Waals surface area contributed by atoms with E-state index in [9.17, 15) is 9.59 Å². The second kappa shape index (κ2) is 6.91. The molecule has 0 saturated heterocycles. The molecule has 1 amide bonds. The van der Waals surface area contributed by atoms with Gasteiger partial charge in [0.25, 0.3) is 0 Å². The van der Waals surface area contributed by atoms with E-state index >= 15 is 0 Å².